The van der Waals surface area contributed by atoms with Crippen LogP contribution in [0.2, 0.25) is 0 Å². The number of carbonyl (C=O) groups excluding carboxylic acids is 1. The van der Waals surface area contributed by atoms with Crippen molar-refractivity contribution in [3.8, 4) is 10.7 Å². The number of amides is 1. The number of aromatic nitrogens is 2. The molecule has 2 aromatic rings. The van der Waals surface area contributed by atoms with Gasteiger partial charge >= 0.3 is 12.1 Å². The molecule has 0 aliphatic rings. The first-order chi connectivity index (χ1) is 10.3. The third-order valence-electron chi connectivity index (χ3n) is 2.71. The highest BCUT2D eigenvalue weighted by Gasteiger charge is 2.38. The van der Waals surface area contributed by atoms with Crippen molar-refractivity contribution in [3.63, 3.8) is 0 Å². The second-order valence-corrected chi connectivity index (χ2v) is 5.45. The minimum atomic E-state index is -4.67. The number of alkyl halides is 3. The monoisotopic (exact) mass is 335 g/mol. The highest BCUT2D eigenvalue weighted by molar-refractivity contribution is 7.15. The summed E-state index contributed by atoms with van der Waals surface area (Å²) < 4.78 is 46.2. The van der Waals surface area contributed by atoms with Crippen molar-refractivity contribution in [2.45, 2.75) is 25.7 Å². The van der Waals surface area contributed by atoms with Gasteiger partial charge in [0.2, 0.25) is 11.7 Å². The zero-order chi connectivity index (χ0) is 16.3. The first-order valence-electron chi connectivity index (χ1n) is 6.11. The zero-order valence-electron chi connectivity index (χ0n) is 11.6. The van der Waals surface area contributed by atoms with Gasteiger partial charge in [-0.3, -0.25) is 4.79 Å². The normalized spacial score (nSPS) is 13.1. The van der Waals surface area contributed by atoms with E-state index in [1.807, 2.05) is 0 Å². The van der Waals surface area contributed by atoms with E-state index >= 15 is 0 Å². The van der Waals surface area contributed by atoms with Crippen LogP contribution in [0.15, 0.2) is 16.7 Å². The Bertz CT molecular complexity index is 653. The molecule has 2 heterocycles. The predicted octanol–water partition coefficient (Wildman–Crippen LogP) is 2.47. The number of nitrogens with one attached hydrogen (secondary N) is 1. The van der Waals surface area contributed by atoms with Gasteiger partial charge in [-0.05, 0) is 19.1 Å². The van der Waals surface area contributed by atoms with Gasteiger partial charge in [0.05, 0.1) is 11.4 Å². The van der Waals surface area contributed by atoms with Crippen LogP contribution in [0.1, 0.15) is 17.7 Å². The molecule has 0 radical (unpaired) electrons. The van der Waals surface area contributed by atoms with E-state index in [0.29, 0.717) is 4.88 Å². The van der Waals surface area contributed by atoms with Gasteiger partial charge in [0.15, 0.2) is 0 Å². The molecule has 0 fully saturated rings. The molecule has 0 bridgehead atoms. The molecule has 120 valence electrons. The molecule has 6 nitrogen and oxygen atoms in total. The Morgan fingerprint density at radius 2 is 2.23 bits per heavy atom. The molecule has 0 saturated heterocycles. The van der Waals surface area contributed by atoms with Crippen molar-refractivity contribution in [1.82, 2.24) is 15.5 Å². The largest absolute Gasteiger partial charge is 0.471 e. The molecule has 2 rings (SSSR count). The van der Waals surface area contributed by atoms with Crippen LogP contribution < -0.4 is 5.32 Å². The lowest BCUT2D eigenvalue weighted by Gasteiger charge is -2.09. The van der Waals surface area contributed by atoms with E-state index in [4.69, 9.17) is 4.74 Å². The fourth-order valence-corrected chi connectivity index (χ4v) is 2.33. The molecule has 0 aliphatic heterocycles. The van der Waals surface area contributed by atoms with E-state index in [-0.39, 0.29) is 18.3 Å². The SMILES string of the molecule is COC(C)C(=O)NCc1ccc(-c2noc(C(F)(F)F)n2)s1. The van der Waals surface area contributed by atoms with Gasteiger partial charge in [-0.25, -0.2) is 0 Å². The number of halogens is 3. The van der Waals surface area contributed by atoms with Gasteiger partial charge < -0.3 is 14.6 Å². The van der Waals surface area contributed by atoms with Gasteiger partial charge in [0, 0.05) is 12.0 Å². The average Bonchev–Trinajstić information content (AvgIpc) is 3.11. The lowest BCUT2D eigenvalue weighted by atomic mass is 10.3. The first kappa shape index (κ1) is 16.4. The summed E-state index contributed by atoms with van der Waals surface area (Å²) in [5, 5.41) is 5.95. The van der Waals surface area contributed by atoms with Crippen molar-refractivity contribution in [1.29, 1.82) is 0 Å². The van der Waals surface area contributed by atoms with Crippen molar-refractivity contribution in [2.24, 2.45) is 0 Å². The van der Waals surface area contributed by atoms with Crippen LogP contribution in [0.25, 0.3) is 10.7 Å². The van der Waals surface area contributed by atoms with Crippen molar-refractivity contribution in [2.75, 3.05) is 7.11 Å². The Morgan fingerprint density at radius 1 is 1.50 bits per heavy atom. The summed E-state index contributed by atoms with van der Waals surface area (Å²) in [6.45, 7) is 1.84. The average molecular weight is 335 g/mol. The predicted molar refractivity (Wildman–Crippen MR) is 70.9 cm³/mol. The minimum Gasteiger partial charge on any atom is -0.372 e. The van der Waals surface area contributed by atoms with Crippen molar-refractivity contribution in [3.05, 3.63) is 22.9 Å². The first-order valence-corrected chi connectivity index (χ1v) is 6.93. The van der Waals surface area contributed by atoms with Crippen LogP contribution in [0.3, 0.4) is 0 Å². The lowest BCUT2D eigenvalue weighted by molar-refractivity contribution is -0.159. The number of methoxy groups -OCH3 is 1. The topological polar surface area (TPSA) is 77.2 Å². The number of hydrogen-bond acceptors (Lipinski definition) is 6. The maximum Gasteiger partial charge on any atom is 0.471 e. The summed E-state index contributed by atoms with van der Waals surface area (Å²) in [6.07, 6.45) is -5.25. The van der Waals surface area contributed by atoms with Crippen LogP contribution >= 0.6 is 11.3 Å². The molecule has 0 saturated carbocycles. The van der Waals surface area contributed by atoms with Gasteiger partial charge in [-0.1, -0.05) is 5.16 Å². The highest BCUT2D eigenvalue weighted by atomic mass is 32.1. The third kappa shape index (κ3) is 3.83. The molecule has 1 atom stereocenters. The Morgan fingerprint density at radius 3 is 2.82 bits per heavy atom. The molecule has 0 aromatic carbocycles. The van der Waals surface area contributed by atoms with Gasteiger partial charge in [0.25, 0.3) is 0 Å². The number of thiophene rings is 1. The van der Waals surface area contributed by atoms with Crippen LogP contribution in [0.5, 0.6) is 0 Å². The van der Waals surface area contributed by atoms with E-state index < -0.39 is 18.2 Å². The molecule has 10 heteroatoms. The maximum absolute atomic E-state index is 12.4. The van der Waals surface area contributed by atoms with E-state index in [2.05, 4.69) is 20.0 Å². The Labute approximate surface area is 127 Å². The fraction of sp³-hybridized carbons (Fsp3) is 0.417. The van der Waals surface area contributed by atoms with Gasteiger partial charge in [-0.2, -0.15) is 18.2 Å². The summed E-state index contributed by atoms with van der Waals surface area (Å²) in [7, 11) is 1.42. The van der Waals surface area contributed by atoms with Crippen molar-refractivity contribution < 1.29 is 27.2 Å². The number of rotatable bonds is 5. The van der Waals surface area contributed by atoms with E-state index in [1.165, 1.54) is 7.11 Å². The Hall–Kier alpha value is -1.94. The minimum absolute atomic E-state index is 0.139. The summed E-state index contributed by atoms with van der Waals surface area (Å²) in [6, 6.07) is 3.23. The number of ether oxygens (including phenoxy) is 1. The molecule has 1 unspecified atom stereocenters. The Balaban J connectivity index is 2.02. The second-order valence-electron chi connectivity index (χ2n) is 4.28. The summed E-state index contributed by atoms with van der Waals surface area (Å²) in [5.41, 5.74) is 0. The molecule has 0 spiro atoms. The number of carbonyl (C=O) groups is 1. The van der Waals surface area contributed by atoms with Gasteiger partial charge in [-0.15, -0.1) is 11.3 Å². The molecule has 1 N–H and O–H groups in total. The second kappa shape index (κ2) is 6.44. The summed E-state index contributed by atoms with van der Waals surface area (Å²) in [5.74, 6) is -1.81. The molecule has 1 amide bonds. The van der Waals surface area contributed by atoms with Gasteiger partial charge in [0.1, 0.15) is 6.10 Å². The van der Waals surface area contributed by atoms with E-state index in [0.717, 1.165) is 16.2 Å². The van der Waals surface area contributed by atoms with Crippen LogP contribution in [0.4, 0.5) is 13.2 Å². The molecular weight excluding hydrogens is 323 g/mol. The van der Waals surface area contributed by atoms with E-state index in [9.17, 15) is 18.0 Å². The highest BCUT2D eigenvalue weighted by Crippen LogP contribution is 2.31. The third-order valence-corrected chi connectivity index (χ3v) is 3.79. The number of nitrogens with zero attached hydrogens (tertiary/aromatic N) is 2. The summed E-state index contributed by atoms with van der Waals surface area (Å²) in [4.78, 5) is 16.0. The van der Waals surface area contributed by atoms with E-state index in [1.54, 1.807) is 19.1 Å². The molecule has 0 aliphatic carbocycles. The lowest BCUT2D eigenvalue weighted by Crippen LogP contribution is -2.33. The van der Waals surface area contributed by atoms with Crippen LogP contribution in [0, 0.1) is 0 Å². The smallest absolute Gasteiger partial charge is 0.372 e. The van der Waals surface area contributed by atoms with Crippen molar-refractivity contribution >= 4 is 17.2 Å². The molecule has 22 heavy (non-hydrogen) atoms. The zero-order valence-corrected chi connectivity index (χ0v) is 12.4. The quantitative estimate of drug-likeness (QED) is 0.908. The molecular formula is C12H12F3N3O3S. The maximum atomic E-state index is 12.4. The molecule has 2 aromatic heterocycles. The van der Waals surface area contributed by atoms with Crippen LogP contribution in [-0.2, 0) is 22.3 Å². The van der Waals surface area contributed by atoms with Crippen LogP contribution in [-0.4, -0.2) is 29.3 Å². The Kier molecular flexibility index (Phi) is 4.81. The number of hydrogen-bond donors (Lipinski definition) is 1. The fourth-order valence-electron chi connectivity index (χ4n) is 1.46. The standard InChI is InChI=1S/C12H12F3N3O3S/c1-6(20-2)10(19)16-5-7-3-4-8(22-7)9-17-11(21-18-9)12(13,14)15/h3-4,6H,5H2,1-2H3,(H,16,19). The summed E-state index contributed by atoms with van der Waals surface area (Å²) >= 11 is 1.16.